The normalized spacial score (nSPS) is 45.8. The van der Waals surface area contributed by atoms with Gasteiger partial charge >= 0.3 is 11.9 Å². The fourth-order valence-corrected chi connectivity index (χ4v) is 21.0. The van der Waals surface area contributed by atoms with Crippen LogP contribution in [0.5, 0.6) is 0 Å². The van der Waals surface area contributed by atoms with Crippen molar-refractivity contribution < 1.29 is 102 Å². The van der Waals surface area contributed by atoms with Gasteiger partial charge in [-0.25, -0.2) is 0 Å². The van der Waals surface area contributed by atoms with Gasteiger partial charge in [0.15, 0.2) is 17.4 Å². The van der Waals surface area contributed by atoms with Gasteiger partial charge in [0.1, 0.15) is 17.7 Å². The fraction of sp³-hybridized carbons (Fsp3) is 0.905. The van der Waals surface area contributed by atoms with Crippen LogP contribution in [-0.4, -0.2) is 184 Å². The number of hydrogen-bond acceptors (Lipinski definition) is 19. The highest BCUT2D eigenvalue weighted by atomic mass is 16.8. The highest BCUT2D eigenvalue weighted by Crippen LogP contribution is 2.57. The predicted octanol–water partition coefficient (Wildman–Crippen LogP) is 13.4. The molecule has 7 N–H and O–H groups in total. The molecule has 21 nitrogen and oxygen atoms in total. The molecule has 0 bridgehead atoms. The summed E-state index contributed by atoms with van der Waals surface area (Å²) in [7, 11) is 0. The van der Waals surface area contributed by atoms with E-state index in [1.165, 1.54) is 0 Å². The van der Waals surface area contributed by atoms with Crippen LogP contribution in [0.25, 0.3) is 0 Å². The zero-order valence-corrected chi connectivity index (χ0v) is 67.6. The highest BCUT2D eigenvalue weighted by Gasteiger charge is 2.65. The van der Waals surface area contributed by atoms with E-state index in [0.717, 1.165) is 25.7 Å². The predicted molar refractivity (Wildman–Crippen MR) is 396 cm³/mol. The summed E-state index contributed by atoms with van der Waals surface area (Å²) >= 11 is 0. The Morgan fingerprint density at radius 2 is 0.886 bits per heavy atom. The van der Waals surface area contributed by atoms with Crippen molar-refractivity contribution in [3.63, 3.8) is 0 Å². The van der Waals surface area contributed by atoms with Crippen LogP contribution >= 0.6 is 0 Å². The van der Waals surface area contributed by atoms with Crippen LogP contribution in [0.3, 0.4) is 0 Å². The molecule has 602 valence electrons. The third-order valence-corrected chi connectivity index (χ3v) is 28.8. The monoisotopic (exact) mass is 1480 g/mol. The van der Waals surface area contributed by atoms with Crippen LogP contribution in [0.1, 0.15) is 273 Å². The topological polar surface area (TPSA) is 302 Å². The number of aliphatic hydroxyl groups is 5. The molecule has 105 heavy (non-hydrogen) atoms. The molecule has 0 saturated carbocycles. The number of ether oxygens (including phenoxy) is 10. The number of carbonyl (C=O) groups excluding carboxylic acids is 2. The summed E-state index contributed by atoms with van der Waals surface area (Å²) in [6.07, 6.45) is 14.5. The molecule has 8 saturated heterocycles. The first kappa shape index (κ1) is 86.1. The van der Waals surface area contributed by atoms with Crippen molar-refractivity contribution in [2.24, 2.45) is 82.9 Å². The average Bonchev–Trinajstić information content (AvgIpc) is 1.66. The highest BCUT2D eigenvalue weighted by molar-refractivity contribution is 5.85. The van der Waals surface area contributed by atoms with Crippen molar-refractivity contribution in [1.82, 2.24) is 0 Å². The second-order valence-corrected chi connectivity index (χ2v) is 35.7. The SMILES string of the molecule is CCC(C(=O)O)C1CCC(C)C(C(C)C(O)C(C)C(=O)C(CC)C2OC3(C=CCC4(CCC(C)(C5CCC(O)(CC)C(C)O5)O4)O3)C(C)CC2C)O1.CC[C@@H](C(=O)[C@@H](C)[C@@H](O)[C@H](C)[C@@H]1O[C@@H]([C@@H](CC)C(=O)O)CC[C@@H]1C)[C@H]1O[C@]2(C=C[C@@H](O)[C@]3(CC[C@@](C)([C@H]4CC[C@](O)(CC)[C@H](C)O4)O3)O2)[C@H](C)C[C@@H]1C. The van der Waals surface area contributed by atoms with E-state index in [1.54, 1.807) is 19.1 Å². The van der Waals surface area contributed by atoms with E-state index >= 15 is 0 Å². The molecule has 0 aromatic heterocycles. The maximum atomic E-state index is 14.4. The molecule has 10 rings (SSSR count). The molecule has 35 atom stereocenters. The molecule has 0 aliphatic carbocycles. The third kappa shape index (κ3) is 17.1. The summed E-state index contributed by atoms with van der Waals surface area (Å²) in [6, 6.07) is 0. The molecule has 10 aliphatic rings. The largest absolute Gasteiger partial charge is 0.481 e. The van der Waals surface area contributed by atoms with Gasteiger partial charge in [0.2, 0.25) is 5.79 Å². The molecular formula is C84H140O21. The van der Waals surface area contributed by atoms with Crippen LogP contribution in [0, 0.1) is 82.9 Å². The number of Topliss-reactive ketones (excluding diaryl/α,β-unsaturated/α-hetero) is 2. The Bertz CT molecular complexity index is 3000. The van der Waals surface area contributed by atoms with E-state index < -0.39 is 142 Å². The van der Waals surface area contributed by atoms with Gasteiger partial charge in [-0.2, -0.15) is 0 Å². The van der Waals surface area contributed by atoms with Gasteiger partial charge in [-0.1, -0.05) is 117 Å². The van der Waals surface area contributed by atoms with Gasteiger partial charge in [-0.15, -0.1) is 0 Å². The molecule has 0 aromatic carbocycles. The minimum Gasteiger partial charge on any atom is -0.481 e. The molecule has 17 unspecified atom stereocenters. The van der Waals surface area contributed by atoms with Crippen molar-refractivity contribution >= 4 is 23.5 Å². The zero-order valence-electron chi connectivity index (χ0n) is 67.6. The minimum atomic E-state index is -1.37. The standard InChI is InChI=1S/C42H70O11.C42H70O10/c1-11-29(38(46)47)31-15-14-23(4)36(50-31)27(8)34(44)26(7)35(45)30(12-2)37-24(5)22-25(6)41(51-37)19-16-32(43)42(53-41)21-20-39(10,52-42)33-17-18-40(48,13-3)28(9)49-33;1-11-30(38(45)46)32-16-15-24(4)36(49-32)28(8)34(43)27(7)35(44)31(12-2)37-25(5)23-26(6)42(50-37)19-14-18-41(52-42)22-21-39(10,51-41)33-17-20-40(47,13-3)29(9)48-33/h16,19,23-34,36-37,43-44,48H,11-15,17-18,20-22H2,1-10H3,(H,46,47);14,19,24-34,36-37,43,47H,11-13,15-18,20-23H2,1-10H3,(H,45,46)/t23-,24-,25+,26-,27-,28-,29+,30-,31+,32+,33+,34+,36+,37-,39-,40+,41-,42-;/m0./s1. The lowest BCUT2D eigenvalue weighted by Crippen LogP contribution is -2.63. The van der Waals surface area contributed by atoms with E-state index in [9.17, 15) is 54.9 Å². The first-order valence-corrected chi connectivity index (χ1v) is 41.4. The quantitative estimate of drug-likeness (QED) is 0.0442. The van der Waals surface area contributed by atoms with Gasteiger partial charge in [0.05, 0.1) is 107 Å². The second-order valence-electron chi connectivity index (χ2n) is 35.7. The Balaban J connectivity index is 0.000000243. The number of rotatable bonds is 24. The fourth-order valence-electron chi connectivity index (χ4n) is 21.0. The summed E-state index contributed by atoms with van der Waals surface area (Å²) in [5.74, 6) is -10.5. The first-order chi connectivity index (χ1) is 49.2. The number of hydrogen-bond donors (Lipinski definition) is 7. The Labute approximate surface area is 628 Å². The molecule has 10 aliphatic heterocycles. The maximum absolute atomic E-state index is 14.4. The van der Waals surface area contributed by atoms with Crippen LogP contribution in [0.15, 0.2) is 24.3 Å². The van der Waals surface area contributed by atoms with E-state index in [1.807, 2.05) is 89.2 Å². The Morgan fingerprint density at radius 3 is 1.29 bits per heavy atom. The third-order valence-electron chi connectivity index (χ3n) is 28.8. The molecule has 0 amide bonds. The summed E-state index contributed by atoms with van der Waals surface area (Å²) in [4.78, 5) is 52.7. The molecule has 21 heteroatoms. The van der Waals surface area contributed by atoms with Gasteiger partial charge in [0.25, 0.3) is 0 Å². The number of carboxylic acid groups (broad SMARTS) is 2. The molecular weight excluding hydrogens is 1340 g/mol. The van der Waals surface area contributed by atoms with Gasteiger partial charge in [-0.3, -0.25) is 19.2 Å². The lowest BCUT2D eigenvalue weighted by molar-refractivity contribution is -0.409. The first-order valence-electron chi connectivity index (χ1n) is 41.4. The lowest BCUT2D eigenvalue weighted by Gasteiger charge is -2.54. The summed E-state index contributed by atoms with van der Waals surface area (Å²) in [5, 5.41) is 76.5. The maximum Gasteiger partial charge on any atom is 0.309 e. The lowest BCUT2D eigenvalue weighted by atomic mass is 9.72. The molecule has 4 spiro atoms. The second kappa shape index (κ2) is 33.8. The number of ketones is 2. The van der Waals surface area contributed by atoms with E-state index in [0.29, 0.717) is 109 Å². The van der Waals surface area contributed by atoms with Crippen LogP contribution in [-0.2, 0) is 66.5 Å². The van der Waals surface area contributed by atoms with Crippen LogP contribution < -0.4 is 0 Å². The molecule has 0 radical (unpaired) electrons. The van der Waals surface area contributed by atoms with Crippen molar-refractivity contribution in [2.75, 3.05) is 0 Å². The molecule has 10 heterocycles. The number of aliphatic hydroxyl groups excluding tert-OH is 3. The smallest absolute Gasteiger partial charge is 0.309 e. The average molecular weight is 1490 g/mol. The summed E-state index contributed by atoms with van der Waals surface area (Å²) in [6.45, 7) is 39.6. The van der Waals surface area contributed by atoms with Gasteiger partial charge in [-0.05, 0) is 185 Å². The number of carboxylic acids is 2. The molecule has 8 fully saturated rings. The zero-order chi connectivity index (χ0) is 77.6. The molecule has 0 aromatic rings. The van der Waals surface area contributed by atoms with E-state index in [2.05, 4.69) is 54.5 Å². The van der Waals surface area contributed by atoms with Crippen LogP contribution in [0.4, 0.5) is 0 Å². The number of carbonyl (C=O) groups is 4. The Kier molecular flexibility index (Phi) is 27.8. The van der Waals surface area contributed by atoms with Gasteiger partial charge in [0, 0.05) is 66.6 Å². The van der Waals surface area contributed by atoms with Crippen molar-refractivity contribution in [1.29, 1.82) is 0 Å². The van der Waals surface area contributed by atoms with Crippen molar-refractivity contribution in [3.05, 3.63) is 24.3 Å². The number of aliphatic carboxylic acids is 2. The Hall–Kier alpha value is -2.84. The van der Waals surface area contributed by atoms with Crippen LogP contribution in [0.2, 0.25) is 0 Å². The summed E-state index contributed by atoms with van der Waals surface area (Å²) in [5.41, 5.74) is -3.03. The Morgan fingerprint density at radius 1 is 0.476 bits per heavy atom. The van der Waals surface area contributed by atoms with Crippen molar-refractivity contribution in [3.8, 4) is 0 Å². The van der Waals surface area contributed by atoms with Gasteiger partial charge < -0.3 is 83.1 Å². The van der Waals surface area contributed by atoms with Crippen molar-refractivity contribution in [2.45, 2.75) is 398 Å². The van der Waals surface area contributed by atoms with E-state index in [4.69, 9.17) is 47.4 Å². The van der Waals surface area contributed by atoms with E-state index in [-0.39, 0.29) is 89.6 Å². The minimum absolute atomic E-state index is 0.0134. The summed E-state index contributed by atoms with van der Waals surface area (Å²) < 4.78 is 67.4.